The lowest BCUT2D eigenvalue weighted by Crippen LogP contribution is -2.39. The molecule has 0 N–H and O–H groups in total. The molecular weight excluding hydrogens is 296 g/mol. The fraction of sp³-hybridized carbons (Fsp3) is 0.632. The number of carbonyl (C=O) groups excluding carboxylic acids is 1. The number of hydrogen-bond donors (Lipinski definition) is 0. The first-order valence-corrected chi connectivity index (χ1v) is 8.73. The van der Waals surface area contributed by atoms with Crippen LogP contribution in [-0.4, -0.2) is 12.9 Å². The summed E-state index contributed by atoms with van der Waals surface area (Å²) < 4.78 is 6.02. The van der Waals surface area contributed by atoms with Gasteiger partial charge in [-0.2, -0.15) is 0 Å². The van der Waals surface area contributed by atoms with E-state index in [2.05, 4.69) is 13.8 Å². The van der Waals surface area contributed by atoms with E-state index in [9.17, 15) is 4.79 Å². The van der Waals surface area contributed by atoms with Gasteiger partial charge in [-0.15, -0.1) is 0 Å². The number of halogens is 1. The molecule has 22 heavy (non-hydrogen) atoms. The molecule has 2 bridgehead atoms. The van der Waals surface area contributed by atoms with Gasteiger partial charge in [-0.25, -0.2) is 0 Å². The lowest BCUT2D eigenvalue weighted by molar-refractivity contribution is 0.0146. The Bertz CT molecular complexity index is 536. The SMILES string of the molecule is CC1CC2CC(C1)CC(C)(COc1ccc(C=O)cc1Cl)C2. The first kappa shape index (κ1) is 15.9. The minimum Gasteiger partial charge on any atom is -0.491 e. The van der Waals surface area contributed by atoms with Crippen LogP contribution in [0, 0.1) is 23.2 Å². The Morgan fingerprint density at radius 2 is 1.95 bits per heavy atom. The Morgan fingerprint density at radius 3 is 2.55 bits per heavy atom. The molecule has 2 unspecified atom stereocenters. The summed E-state index contributed by atoms with van der Waals surface area (Å²) in [6, 6.07) is 5.23. The Labute approximate surface area is 138 Å². The van der Waals surface area contributed by atoms with Crippen LogP contribution >= 0.6 is 11.6 Å². The maximum absolute atomic E-state index is 10.8. The minimum absolute atomic E-state index is 0.250. The highest BCUT2D eigenvalue weighted by atomic mass is 35.5. The zero-order chi connectivity index (χ0) is 15.7. The van der Waals surface area contributed by atoms with Gasteiger partial charge in [0.15, 0.2) is 0 Å². The quantitative estimate of drug-likeness (QED) is 0.696. The number of rotatable bonds is 4. The molecule has 1 aromatic carbocycles. The van der Waals surface area contributed by atoms with Crippen LogP contribution in [0.1, 0.15) is 56.3 Å². The molecule has 2 aliphatic carbocycles. The van der Waals surface area contributed by atoms with E-state index >= 15 is 0 Å². The van der Waals surface area contributed by atoms with Crippen molar-refractivity contribution in [1.82, 2.24) is 0 Å². The van der Waals surface area contributed by atoms with Gasteiger partial charge in [0, 0.05) is 11.0 Å². The fourth-order valence-electron chi connectivity index (χ4n) is 4.79. The van der Waals surface area contributed by atoms with Gasteiger partial charge in [-0.3, -0.25) is 4.79 Å². The Kier molecular flexibility index (Phi) is 4.49. The second-order valence-corrected chi connectivity index (χ2v) is 8.27. The lowest BCUT2D eigenvalue weighted by atomic mass is 9.60. The third-order valence-corrected chi connectivity index (χ3v) is 5.66. The van der Waals surface area contributed by atoms with Gasteiger partial charge in [0.2, 0.25) is 0 Å². The molecular formula is C19H25ClO2. The number of ether oxygens (including phenoxy) is 1. The number of benzene rings is 1. The van der Waals surface area contributed by atoms with Crippen LogP contribution in [0.25, 0.3) is 0 Å². The molecule has 0 saturated heterocycles. The van der Waals surface area contributed by atoms with E-state index in [1.54, 1.807) is 18.2 Å². The topological polar surface area (TPSA) is 26.3 Å². The molecule has 0 heterocycles. The minimum atomic E-state index is 0.250. The molecule has 2 saturated carbocycles. The van der Waals surface area contributed by atoms with Crippen molar-refractivity contribution in [3.8, 4) is 5.75 Å². The molecule has 0 radical (unpaired) electrons. The van der Waals surface area contributed by atoms with Crippen molar-refractivity contribution < 1.29 is 9.53 Å². The summed E-state index contributed by atoms with van der Waals surface area (Å²) >= 11 is 6.20. The van der Waals surface area contributed by atoms with E-state index in [1.165, 1.54) is 32.1 Å². The monoisotopic (exact) mass is 320 g/mol. The summed E-state index contributed by atoms with van der Waals surface area (Å²) in [5.41, 5.74) is 0.838. The second-order valence-electron chi connectivity index (χ2n) is 7.86. The Morgan fingerprint density at radius 1 is 1.27 bits per heavy atom. The van der Waals surface area contributed by atoms with Crippen molar-refractivity contribution in [3.63, 3.8) is 0 Å². The smallest absolute Gasteiger partial charge is 0.150 e. The predicted molar refractivity (Wildman–Crippen MR) is 89.7 cm³/mol. The standard InChI is InChI=1S/C19H25ClO2/c1-13-5-15-7-16(6-13)10-19(2,9-15)12-22-18-4-3-14(11-21)8-17(18)20/h3-4,8,11,13,15-16H,5-7,9-10,12H2,1-2H3. The van der Waals surface area contributed by atoms with Crippen molar-refractivity contribution in [3.05, 3.63) is 28.8 Å². The van der Waals surface area contributed by atoms with Crippen molar-refractivity contribution in [2.75, 3.05) is 6.61 Å². The van der Waals surface area contributed by atoms with Crippen LogP contribution in [0.3, 0.4) is 0 Å². The number of fused-ring (bicyclic) bond motifs is 2. The maximum Gasteiger partial charge on any atom is 0.150 e. The maximum atomic E-state index is 10.8. The molecule has 3 heteroatoms. The lowest BCUT2D eigenvalue weighted by Gasteiger charge is -2.47. The summed E-state index contributed by atoms with van der Waals surface area (Å²) in [6.07, 6.45) is 7.49. The number of carbonyl (C=O) groups is 1. The molecule has 2 aliphatic rings. The highest BCUT2D eigenvalue weighted by Crippen LogP contribution is 2.50. The van der Waals surface area contributed by atoms with Crippen LogP contribution in [-0.2, 0) is 0 Å². The van der Waals surface area contributed by atoms with E-state index in [0.717, 1.165) is 24.0 Å². The molecule has 0 spiro atoms. The van der Waals surface area contributed by atoms with E-state index in [1.807, 2.05) is 0 Å². The van der Waals surface area contributed by atoms with Crippen LogP contribution < -0.4 is 4.74 Å². The van der Waals surface area contributed by atoms with Crippen molar-refractivity contribution in [2.24, 2.45) is 23.2 Å². The van der Waals surface area contributed by atoms with Crippen molar-refractivity contribution in [1.29, 1.82) is 0 Å². The first-order chi connectivity index (χ1) is 10.5. The number of hydrogen-bond acceptors (Lipinski definition) is 2. The van der Waals surface area contributed by atoms with Crippen LogP contribution in [0.15, 0.2) is 18.2 Å². The molecule has 120 valence electrons. The third-order valence-electron chi connectivity index (χ3n) is 5.37. The van der Waals surface area contributed by atoms with Gasteiger partial charge in [-0.05, 0) is 68.1 Å². The fourth-order valence-corrected chi connectivity index (χ4v) is 5.03. The van der Waals surface area contributed by atoms with Gasteiger partial charge in [0.25, 0.3) is 0 Å². The van der Waals surface area contributed by atoms with E-state index in [0.29, 0.717) is 22.9 Å². The largest absolute Gasteiger partial charge is 0.491 e. The van der Waals surface area contributed by atoms with E-state index in [4.69, 9.17) is 16.3 Å². The highest BCUT2D eigenvalue weighted by molar-refractivity contribution is 6.32. The summed E-state index contributed by atoms with van der Waals surface area (Å²) in [5, 5.41) is 0.526. The molecule has 1 aromatic rings. The van der Waals surface area contributed by atoms with Gasteiger partial charge in [0.1, 0.15) is 12.0 Å². The van der Waals surface area contributed by atoms with E-state index in [-0.39, 0.29) is 5.41 Å². The summed E-state index contributed by atoms with van der Waals surface area (Å²) in [4.78, 5) is 10.8. The summed E-state index contributed by atoms with van der Waals surface area (Å²) in [6.45, 7) is 5.47. The summed E-state index contributed by atoms with van der Waals surface area (Å²) in [7, 11) is 0. The van der Waals surface area contributed by atoms with E-state index < -0.39 is 0 Å². The van der Waals surface area contributed by atoms with Crippen molar-refractivity contribution >= 4 is 17.9 Å². The average Bonchev–Trinajstić information content (AvgIpc) is 2.44. The van der Waals surface area contributed by atoms with Crippen LogP contribution in [0.4, 0.5) is 0 Å². The molecule has 0 aliphatic heterocycles. The van der Waals surface area contributed by atoms with Crippen LogP contribution in [0.2, 0.25) is 5.02 Å². The first-order valence-electron chi connectivity index (χ1n) is 8.35. The van der Waals surface area contributed by atoms with Crippen LogP contribution in [0.5, 0.6) is 5.75 Å². The molecule has 2 nitrogen and oxygen atoms in total. The predicted octanol–water partition coefficient (Wildman–Crippen LogP) is 5.38. The zero-order valence-electron chi connectivity index (χ0n) is 13.5. The van der Waals surface area contributed by atoms with Gasteiger partial charge in [0.05, 0.1) is 11.6 Å². The van der Waals surface area contributed by atoms with Crippen molar-refractivity contribution in [2.45, 2.75) is 46.0 Å². The summed E-state index contributed by atoms with van der Waals surface area (Å²) in [5.74, 6) is 3.31. The average molecular weight is 321 g/mol. The molecule has 0 amide bonds. The van der Waals surface area contributed by atoms with Gasteiger partial charge in [-0.1, -0.05) is 25.4 Å². The number of aldehydes is 1. The molecule has 0 aromatic heterocycles. The zero-order valence-corrected chi connectivity index (χ0v) is 14.2. The Hall–Kier alpha value is -1.02. The third kappa shape index (κ3) is 3.48. The van der Waals surface area contributed by atoms with Gasteiger partial charge >= 0.3 is 0 Å². The molecule has 2 atom stereocenters. The molecule has 2 fully saturated rings. The highest BCUT2D eigenvalue weighted by Gasteiger charge is 2.41. The molecule has 3 rings (SSSR count). The normalized spacial score (nSPS) is 34.2. The Balaban J connectivity index is 1.64. The second kappa shape index (κ2) is 6.23. The van der Waals surface area contributed by atoms with Gasteiger partial charge < -0.3 is 4.74 Å².